The van der Waals surface area contributed by atoms with Crippen LogP contribution in [0.2, 0.25) is 0 Å². The number of benzene rings is 1. The van der Waals surface area contributed by atoms with Gasteiger partial charge in [0, 0.05) is 11.9 Å². The monoisotopic (exact) mass is 255 g/mol. The smallest absolute Gasteiger partial charge is 0.0662 e. The fraction of sp³-hybridized carbons (Fsp3) is 0.438. The predicted molar refractivity (Wildman–Crippen MR) is 77.1 cm³/mol. The number of nitrogens with zero attached hydrogens (tertiary/aromatic N) is 2. The van der Waals surface area contributed by atoms with Gasteiger partial charge in [0.2, 0.25) is 0 Å². The van der Waals surface area contributed by atoms with Gasteiger partial charge in [-0.3, -0.25) is 4.68 Å². The lowest BCUT2D eigenvalue weighted by Crippen LogP contribution is -2.29. The molecule has 0 amide bonds. The van der Waals surface area contributed by atoms with Gasteiger partial charge < -0.3 is 5.32 Å². The summed E-state index contributed by atoms with van der Waals surface area (Å²) in [6.45, 7) is 3.21. The van der Waals surface area contributed by atoms with Gasteiger partial charge >= 0.3 is 0 Å². The van der Waals surface area contributed by atoms with Gasteiger partial charge in [0.25, 0.3) is 0 Å². The zero-order chi connectivity index (χ0) is 12.9. The van der Waals surface area contributed by atoms with Gasteiger partial charge in [-0.25, -0.2) is 0 Å². The maximum atomic E-state index is 4.48. The van der Waals surface area contributed by atoms with Gasteiger partial charge in [-0.05, 0) is 49.9 Å². The highest BCUT2D eigenvalue weighted by molar-refractivity contribution is 5.16. The summed E-state index contributed by atoms with van der Waals surface area (Å²) in [5.41, 5.74) is 2.69. The molecule has 1 aliphatic rings. The van der Waals surface area contributed by atoms with Crippen molar-refractivity contribution in [3.63, 3.8) is 0 Å². The van der Waals surface area contributed by atoms with E-state index in [1.165, 1.54) is 24.1 Å². The standard InChI is InChI=1S/C16H21N3/c1-2-4-15(5-3-1)13-19-16(8-11-18-19)12-14-6-9-17-10-7-14/h1-5,8,11,14,17H,6-7,9-10,12-13H2. The quantitative estimate of drug-likeness (QED) is 0.909. The van der Waals surface area contributed by atoms with E-state index in [0.29, 0.717) is 0 Å². The van der Waals surface area contributed by atoms with Gasteiger partial charge in [0.05, 0.1) is 6.54 Å². The maximum absolute atomic E-state index is 4.48. The molecule has 0 aliphatic carbocycles. The van der Waals surface area contributed by atoms with Crippen molar-refractivity contribution in [3.8, 4) is 0 Å². The second-order valence-electron chi connectivity index (χ2n) is 5.36. The SMILES string of the molecule is c1ccc(Cn2nccc2CC2CCNCC2)cc1. The highest BCUT2D eigenvalue weighted by Crippen LogP contribution is 2.18. The van der Waals surface area contributed by atoms with Crippen LogP contribution in [-0.2, 0) is 13.0 Å². The fourth-order valence-electron chi connectivity index (χ4n) is 2.81. The first-order valence-corrected chi connectivity index (χ1v) is 7.17. The lowest BCUT2D eigenvalue weighted by molar-refractivity contribution is 0.365. The minimum absolute atomic E-state index is 0.812. The summed E-state index contributed by atoms with van der Waals surface area (Å²) in [7, 11) is 0. The molecule has 19 heavy (non-hydrogen) atoms. The summed E-state index contributed by atoms with van der Waals surface area (Å²) in [4.78, 5) is 0. The predicted octanol–water partition coefficient (Wildman–Crippen LogP) is 2.47. The van der Waals surface area contributed by atoms with Crippen LogP contribution >= 0.6 is 0 Å². The summed E-state index contributed by atoms with van der Waals surface area (Å²) < 4.78 is 2.15. The van der Waals surface area contributed by atoms with Crippen molar-refractivity contribution in [1.29, 1.82) is 0 Å². The Morgan fingerprint density at radius 2 is 1.89 bits per heavy atom. The van der Waals surface area contributed by atoms with E-state index in [2.05, 4.69) is 51.5 Å². The molecule has 1 aromatic carbocycles. The van der Waals surface area contributed by atoms with Crippen molar-refractivity contribution in [1.82, 2.24) is 15.1 Å². The van der Waals surface area contributed by atoms with Crippen LogP contribution < -0.4 is 5.32 Å². The number of rotatable bonds is 4. The number of hydrogen-bond acceptors (Lipinski definition) is 2. The van der Waals surface area contributed by atoms with E-state index in [9.17, 15) is 0 Å². The van der Waals surface area contributed by atoms with Gasteiger partial charge in [0.15, 0.2) is 0 Å². The van der Waals surface area contributed by atoms with Crippen LogP contribution in [-0.4, -0.2) is 22.9 Å². The van der Waals surface area contributed by atoms with Crippen LogP contribution in [0.3, 0.4) is 0 Å². The molecule has 3 nitrogen and oxygen atoms in total. The molecule has 1 aromatic heterocycles. The van der Waals surface area contributed by atoms with Crippen molar-refractivity contribution in [3.05, 3.63) is 53.9 Å². The van der Waals surface area contributed by atoms with E-state index in [1.54, 1.807) is 0 Å². The highest BCUT2D eigenvalue weighted by Gasteiger charge is 2.15. The zero-order valence-electron chi connectivity index (χ0n) is 11.3. The van der Waals surface area contributed by atoms with Crippen LogP contribution in [0.25, 0.3) is 0 Å². The second-order valence-corrected chi connectivity index (χ2v) is 5.36. The van der Waals surface area contributed by atoms with Gasteiger partial charge in [-0.1, -0.05) is 30.3 Å². The molecule has 0 bridgehead atoms. The molecule has 1 fully saturated rings. The van der Waals surface area contributed by atoms with E-state index in [4.69, 9.17) is 0 Å². The fourth-order valence-corrected chi connectivity index (χ4v) is 2.81. The first kappa shape index (κ1) is 12.4. The van der Waals surface area contributed by atoms with E-state index in [-0.39, 0.29) is 0 Å². The molecule has 1 N–H and O–H groups in total. The largest absolute Gasteiger partial charge is 0.317 e. The maximum Gasteiger partial charge on any atom is 0.0662 e. The van der Waals surface area contributed by atoms with E-state index in [1.807, 2.05) is 6.20 Å². The van der Waals surface area contributed by atoms with Gasteiger partial charge in [-0.15, -0.1) is 0 Å². The van der Waals surface area contributed by atoms with Crippen LogP contribution in [0.1, 0.15) is 24.1 Å². The summed E-state index contributed by atoms with van der Waals surface area (Å²) in [5, 5.41) is 7.90. The Kier molecular flexibility index (Phi) is 3.94. The molecule has 0 radical (unpaired) electrons. The van der Waals surface area contributed by atoms with Crippen molar-refractivity contribution in [2.75, 3.05) is 13.1 Å². The molecule has 2 heterocycles. The molecule has 0 saturated carbocycles. The zero-order valence-corrected chi connectivity index (χ0v) is 11.3. The van der Waals surface area contributed by atoms with Crippen molar-refractivity contribution in [2.24, 2.45) is 5.92 Å². The number of aromatic nitrogens is 2. The molecule has 3 rings (SSSR count). The van der Waals surface area contributed by atoms with Crippen LogP contribution in [0.4, 0.5) is 0 Å². The molecule has 3 heteroatoms. The average molecular weight is 255 g/mol. The average Bonchev–Trinajstić information content (AvgIpc) is 2.88. The third-order valence-corrected chi connectivity index (χ3v) is 3.94. The van der Waals surface area contributed by atoms with Crippen LogP contribution in [0.15, 0.2) is 42.6 Å². The molecule has 1 aliphatic heterocycles. The van der Waals surface area contributed by atoms with Crippen LogP contribution in [0.5, 0.6) is 0 Å². The molecule has 2 aromatic rings. The Morgan fingerprint density at radius 3 is 2.68 bits per heavy atom. The van der Waals surface area contributed by atoms with Crippen LogP contribution in [0, 0.1) is 5.92 Å². The van der Waals surface area contributed by atoms with E-state index < -0.39 is 0 Å². The lowest BCUT2D eigenvalue weighted by Gasteiger charge is -2.22. The Bertz CT molecular complexity index is 498. The summed E-state index contributed by atoms with van der Waals surface area (Å²) >= 11 is 0. The first-order valence-electron chi connectivity index (χ1n) is 7.17. The van der Waals surface area contributed by atoms with Gasteiger partial charge in [0.1, 0.15) is 0 Å². The second kappa shape index (κ2) is 6.02. The Balaban J connectivity index is 1.68. The lowest BCUT2D eigenvalue weighted by atomic mass is 9.93. The number of nitrogens with one attached hydrogen (secondary N) is 1. The Hall–Kier alpha value is -1.61. The van der Waals surface area contributed by atoms with Crippen molar-refractivity contribution < 1.29 is 0 Å². The normalized spacial score (nSPS) is 16.6. The molecule has 100 valence electrons. The third-order valence-electron chi connectivity index (χ3n) is 3.94. The molecule has 0 atom stereocenters. The van der Waals surface area contributed by atoms with E-state index >= 15 is 0 Å². The van der Waals surface area contributed by atoms with Crippen molar-refractivity contribution >= 4 is 0 Å². The molecular formula is C16H21N3. The van der Waals surface area contributed by atoms with E-state index in [0.717, 1.165) is 32.0 Å². The summed E-state index contributed by atoms with van der Waals surface area (Å²) in [5.74, 6) is 0.812. The summed E-state index contributed by atoms with van der Waals surface area (Å²) in [6, 6.07) is 12.7. The number of hydrogen-bond donors (Lipinski definition) is 1. The van der Waals surface area contributed by atoms with Crippen molar-refractivity contribution in [2.45, 2.75) is 25.8 Å². The Labute approximate surface area is 114 Å². The Morgan fingerprint density at radius 1 is 1.11 bits per heavy atom. The van der Waals surface area contributed by atoms with Gasteiger partial charge in [-0.2, -0.15) is 5.10 Å². The molecular weight excluding hydrogens is 234 g/mol. The number of piperidine rings is 1. The molecule has 0 spiro atoms. The topological polar surface area (TPSA) is 29.9 Å². The molecule has 0 unspecified atom stereocenters. The minimum atomic E-state index is 0.812. The first-order chi connectivity index (χ1) is 9.42. The highest BCUT2D eigenvalue weighted by atomic mass is 15.3. The third kappa shape index (κ3) is 3.24. The minimum Gasteiger partial charge on any atom is -0.317 e. The molecule has 1 saturated heterocycles. The summed E-state index contributed by atoms with van der Waals surface area (Å²) in [6.07, 6.45) is 5.67.